The Morgan fingerprint density at radius 1 is 1.08 bits per heavy atom. The van der Waals surface area contributed by atoms with Crippen molar-refractivity contribution in [2.24, 2.45) is 0 Å². The number of rotatable bonds is 7. The van der Waals surface area contributed by atoms with Gasteiger partial charge >= 0.3 is 5.97 Å². The molecule has 0 aliphatic rings. The standard InChI is InChI=1S/C19H20ClNO4/c1-3-14-4-8-16(9-5-14)21-18(22)12-24-19(23)13(2)25-17-10-6-15(20)7-11-17/h4-11,13H,3,12H2,1-2H3,(H,21,22)/t13-/m0/s1. The van der Waals surface area contributed by atoms with Crippen molar-refractivity contribution >= 4 is 29.2 Å². The van der Waals surface area contributed by atoms with Crippen molar-refractivity contribution in [1.29, 1.82) is 0 Å². The van der Waals surface area contributed by atoms with E-state index >= 15 is 0 Å². The Balaban J connectivity index is 1.77. The Kier molecular flexibility index (Phi) is 6.83. The summed E-state index contributed by atoms with van der Waals surface area (Å²) in [6, 6.07) is 14.1. The van der Waals surface area contributed by atoms with Gasteiger partial charge in [0.25, 0.3) is 5.91 Å². The number of carbonyl (C=O) groups is 2. The summed E-state index contributed by atoms with van der Waals surface area (Å²) in [5.41, 5.74) is 1.83. The van der Waals surface area contributed by atoms with Crippen LogP contribution in [0.2, 0.25) is 5.02 Å². The van der Waals surface area contributed by atoms with E-state index in [1.807, 2.05) is 24.3 Å². The van der Waals surface area contributed by atoms with E-state index in [1.54, 1.807) is 31.2 Å². The van der Waals surface area contributed by atoms with Crippen LogP contribution in [0.25, 0.3) is 0 Å². The van der Waals surface area contributed by atoms with E-state index in [-0.39, 0.29) is 6.61 Å². The summed E-state index contributed by atoms with van der Waals surface area (Å²) < 4.78 is 10.4. The quantitative estimate of drug-likeness (QED) is 0.761. The fraction of sp³-hybridized carbons (Fsp3) is 0.263. The molecule has 1 N–H and O–H groups in total. The fourth-order valence-electron chi connectivity index (χ4n) is 2.04. The maximum Gasteiger partial charge on any atom is 0.347 e. The van der Waals surface area contributed by atoms with Crippen LogP contribution in [0, 0.1) is 0 Å². The van der Waals surface area contributed by atoms with Gasteiger partial charge in [0.05, 0.1) is 0 Å². The molecule has 5 nitrogen and oxygen atoms in total. The van der Waals surface area contributed by atoms with Crippen LogP contribution in [-0.4, -0.2) is 24.6 Å². The number of benzene rings is 2. The van der Waals surface area contributed by atoms with Crippen molar-refractivity contribution in [2.75, 3.05) is 11.9 Å². The van der Waals surface area contributed by atoms with Crippen LogP contribution in [0.5, 0.6) is 5.75 Å². The summed E-state index contributed by atoms with van der Waals surface area (Å²) in [7, 11) is 0. The number of carbonyl (C=O) groups excluding carboxylic acids is 2. The number of hydrogen-bond acceptors (Lipinski definition) is 4. The third kappa shape index (κ3) is 6.12. The third-order valence-corrected chi connectivity index (χ3v) is 3.70. The zero-order valence-electron chi connectivity index (χ0n) is 14.1. The lowest BCUT2D eigenvalue weighted by molar-refractivity contribution is -0.153. The minimum absolute atomic E-state index is 0.372. The monoisotopic (exact) mass is 361 g/mol. The Morgan fingerprint density at radius 2 is 1.72 bits per heavy atom. The molecule has 0 heterocycles. The number of anilines is 1. The lowest BCUT2D eigenvalue weighted by atomic mass is 10.1. The summed E-state index contributed by atoms with van der Waals surface area (Å²) in [5.74, 6) is -0.531. The molecule has 0 radical (unpaired) electrons. The predicted octanol–water partition coefficient (Wildman–Crippen LogP) is 3.85. The van der Waals surface area contributed by atoms with E-state index in [1.165, 1.54) is 5.56 Å². The second-order valence-corrected chi connectivity index (χ2v) is 5.86. The molecule has 2 rings (SSSR count). The molecule has 1 atom stereocenters. The van der Waals surface area contributed by atoms with Crippen LogP contribution in [0.4, 0.5) is 5.69 Å². The zero-order valence-corrected chi connectivity index (χ0v) is 14.9. The highest BCUT2D eigenvalue weighted by atomic mass is 35.5. The topological polar surface area (TPSA) is 64.6 Å². The van der Waals surface area contributed by atoms with E-state index in [0.717, 1.165) is 6.42 Å². The molecule has 0 aliphatic carbocycles. The number of halogens is 1. The maximum absolute atomic E-state index is 11.9. The molecule has 0 fully saturated rings. The molecule has 2 aromatic rings. The second-order valence-electron chi connectivity index (χ2n) is 5.42. The lowest BCUT2D eigenvalue weighted by Gasteiger charge is -2.14. The molecule has 25 heavy (non-hydrogen) atoms. The molecule has 2 aromatic carbocycles. The second kappa shape index (κ2) is 9.08. The zero-order chi connectivity index (χ0) is 18.2. The van der Waals surface area contributed by atoms with Crippen molar-refractivity contribution in [3.63, 3.8) is 0 Å². The minimum atomic E-state index is -0.835. The molecule has 0 spiro atoms. The van der Waals surface area contributed by atoms with Gasteiger partial charge in [-0.1, -0.05) is 30.7 Å². The van der Waals surface area contributed by atoms with Crippen LogP contribution in [0.3, 0.4) is 0 Å². The number of ether oxygens (including phenoxy) is 2. The van der Waals surface area contributed by atoms with Crippen LogP contribution in [0.1, 0.15) is 19.4 Å². The summed E-state index contributed by atoms with van der Waals surface area (Å²) in [4.78, 5) is 23.7. The van der Waals surface area contributed by atoms with Crippen molar-refractivity contribution in [1.82, 2.24) is 0 Å². The predicted molar refractivity (Wildman–Crippen MR) is 97.0 cm³/mol. The molecule has 0 saturated heterocycles. The molecule has 6 heteroatoms. The molecular weight excluding hydrogens is 342 g/mol. The van der Waals surface area contributed by atoms with Crippen LogP contribution in [-0.2, 0) is 20.7 Å². The van der Waals surface area contributed by atoms with Crippen molar-refractivity contribution < 1.29 is 19.1 Å². The van der Waals surface area contributed by atoms with Gasteiger partial charge in [0.15, 0.2) is 12.7 Å². The highest BCUT2D eigenvalue weighted by Gasteiger charge is 2.17. The number of aryl methyl sites for hydroxylation is 1. The number of nitrogens with one attached hydrogen (secondary N) is 1. The van der Waals surface area contributed by atoms with E-state index < -0.39 is 18.0 Å². The largest absolute Gasteiger partial charge is 0.479 e. The van der Waals surface area contributed by atoms with E-state index in [4.69, 9.17) is 21.1 Å². The van der Waals surface area contributed by atoms with Gasteiger partial charge in [0.1, 0.15) is 5.75 Å². The molecule has 0 unspecified atom stereocenters. The Morgan fingerprint density at radius 3 is 2.32 bits per heavy atom. The van der Waals surface area contributed by atoms with E-state index in [9.17, 15) is 9.59 Å². The average Bonchev–Trinajstić information content (AvgIpc) is 2.62. The SMILES string of the molecule is CCc1ccc(NC(=O)COC(=O)[C@H](C)Oc2ccc(Cl)cc2)cc1. The third-order valence-electron chi connectivity index (χ3n) is 3.45. The highest BCUT2D eigenvalue weighted by molar-refractivity contribution is 6.30. The van der Waals surface area contributed by atoms with Crippen LogP contribution in [0.15, 0.2) is 48.5 Å². The van der Waals surface area contributed by atoms with Gasteiger partial charge in [0.2, 0.25) is 0 Å². The van der Waals surface area contributed by atoms with Gasteiger partial charge in [-0.25, -0.2) is 4.79 Å². The summed E-state index contributed by atoms with van der Waals surface area (Å²) in [6.07, 6.45) is 0.0926. The molecule has 0 aromatic heterocycles. The first kappa shape index (κ1) is 18.8. The first-order valence-electron chi connectivity index (χ1n) is 7.95. The molecule has 0 aliphatic heterocycles. The van der Waals surface area contributed by atoms with E-state index in [2.05, 4.69) is 12.2 Å². The van der Waals surface area contributed by atoms with Gasteiger partial charge in [-0.05, 0) is 55.3 Å². The summed E-state index contributed by atoms with van der Waals surface area (Å²) in [6.45, 7) is 3.24. The molecule has 132 valence electrons. The van der Waals surface area contributed by atoms with Crippen LogP contribution >= 0.6 is 11.6 Å². The Labute approximate surface area is 151 Å². The first-order valence-corrected chi connectivity index (χ1v) is 8.33. The Bertz CT molecular complexity index is 713. The maximum atomic E-state index is 11.9. The van der Waals surface area contributed by atoms with Crippen molar-refractivity contribution in [3.8, 4) is 5.75 Å². The molecule has 0 saturated carbocycles. The first-order chi connectivity index (χ1) is 12.0. The van der Waals surface area contributed by atoms with Gasteiger partial charge in [0, 0.05) is 10.7 Å². The van der Waals surface area contributed by atoms with Gasteiger partial charge in [-0.15, -0.1) is 0 Å². The normalized spacial score (nSPS) is 11.5. The smallest absolute Gasteiger partial charge is 0.347 e. The fourth-order valence-corrected chi connectivity index (χ4v) is 2.17. The molecule has 1 amide bonds. The minimum Gasteiger partial charge on any atom is -0.479 e. The number of amides is 1. The summed E-state index contributed by atoms with van der Waals surface area (Å²) >= 11 is 5.79. The molecular formula is C19H20ClNO4. The van der Waals surface area contributed by atoms with Gasteiger partial charge in [-0.2, -0.15) is 0 Å². The van der Waals surface area contributed by atoms with E-state index in [0.29, 0.717) is 16.5 Å². The number of esters is 1. The highest BCUT2D eigenvalue weighted by Crippen LogP contribution is 2.17. The lowest BCUT2D eigenvalue weighted by Crippen LogP contribution is -2.29. The van der Waals surface area contributed by atoms with Crippen LogP contribution < -0.4 is 10.1 Å². The average molecular weight is 362 g/mol. The van der Waals surface area contributed by atoms with Crippen molar-refractivity contribution in [3.05, 3.63) is 59.1 Å². The number of hydrogen-bond donors (Lipinski definition) is 1. The van der Waals surface area contributed by atoms with Gasteiger partial charge in [-0.3, -0.25) is 4.79 Å². The van der Waals surface area contributed by atoms with Crippen molar-refractivity contribution in [2.45, 2.75) is 26.4 Å². The summed E-state index contributed by atoms with van der Waals surface area (Å²) in [5, 5.41) is 3.25. The molecule has 0 bridgehead atoms. The Hall–Kier alpha value is -2.53. The van der Waals surface area contributed by atoms with Gasteiger partial charge < -0.3 is 14.8 Å².